The number of nitrogens with one attached hydrogen (secondary N) is 1. The summed E-state index contributed by atoms with van der Waals surface area (Å²) in [7, 11) is 1.70. The number of hydrogen-bond acceptors (Lipinski definition) is 2. The van der Waals surface area contributed by atoms with Crippen LogP contribution in [-0.4, -0.2) is 13.2 Å². The van der Waals surface area contributed by atoms with Gasteiger partial charge in [-0.2, -0.15) is 0 Å². The zero-order chi connectivity index (χ0) is 13.2. The Morgan fingerprint density at radius 1 is 1.22 bits per heavy atom. The summed E-state index contributed by atoms with van der Waals surface area (Å²) < 4.78 is 6.34. The molecule has 0 bridgehead atoms. The minimum Gasteiger partial charge on any atom is -0.497 e. The summed E-state index contributed by atoms with van der Waals surface area (Å²) in [5.74, 6) is 0.892. The van der Waals surface area contributed by atoms with E-state index < -0.39 is 0 Å². The monoisotopic (exact) mass is 311 g/mol. The number of anilines is 1. The van der Waals surface area contributed by atoms with Crippen LogP contribution in [0.1, 0.15) is 39.5 Å². The minimum absolute atomic E-state index is 0.521. The van der Waals surface area contributed by atoms with E-state index in [4.69, 9.17) is 4.74 Å². The van der Waals surface area contributed by atoms with Gasteiger partial charge < -0.3 is 10.1 Å². The first-order valence-electron chi connectivity index (χ1n) is 6.60. The van der Waals surface area contributed by atoms with E-state index in [2.05, 4.69) is 47.2 Å². The van der Waals surface area contributed by atoms with E-state index in [0.29, 0.717) is 11.5 Å². The van der Waals surface area contributed by atoms with Crippen LogP contribution in [0.15, 0.2) is 22.7 Å². The lowest BCUT2D eigenvalue weighted by Crippen LogP contribution is -2.29. The molecule has 1 fully saturated rings. The first-order valence-corrected chi connectivity index (χ1v) is 7.39. The Hall–Kier alpha value is -0.700. The Balaban J connectivity index is 2.00. The Morgan fingerprint density at radius 3 is 2.50 bits per heavy atom. The van der Waals surface area contributed by atoms with Crippen molar-refractivity contribution in [3.05, 3.63) is 22.7 Å². The molecule has 1 aliphatic carbocycles. The van der Waals surface area contributed by atoms with Crippen LogP contribution in [0, 0.1) is 5.41 Å². The largest absolute Gasteiger partial charge is 0.497 e. The normalized spacial score (nSPS) is 19.6. The smallest absolute Gasteiger partial charge is 0.122 e. The lowest BCUT2D eigenvalue weighted by atomic mass is 9.75. The van der Waals surface area contributed by atoms with Crippen LogP contribution < -0.4 is 10.1 Å². The second-order valence-electron chi connectivity index (χ2n) is 5.96. The summed E-state index contributed by atoms with van der Waals surface area (Å²) >= 11 is 3.52. The van der Waals surface area contributed by atoms with Crippen molar-refractivity contribution in [3.63, 3.8) is 0 Å². The van der Waals surface area contributed by atoms with Crippen molar-refractivity contribution in [2.24, 2.45) is 5.41 Å². The Kier molecular flexibility index (Phi) is 4.21. The maximum atomic E-state index is 5.29. The summed E-state index contributed by atoms with van der Waals surface area (Å²) in [5, 5.41) is 3.62. The molecule has 18 heavy (non-hydrogen) atoms. The Bertz CT molecular complexity index is 407. The lowest BCUT2D eigenvalue weighted by molar-refractivity contribution is 0.232. The molecule has 0 radical (unpaired) electrons. The van der Waals surface area contributed by atoms with Gasteiger partial charge in [0, 0.05) is 22.3 Å². The number of benzene rings is 1. The van der Waals surface area contributed by atoms with Gasteiger partial charge >= 0.3 is 0 Å². The molecular weight excluding hydrogens is 290 g/mol. The molecule has 0 aromatic heterocycles. The standard InChI is InChI=1S/C15H22BrNO/c1-15(2)6-4-12(5-7-15)17-13-8-11(16)9-14(10-13)18-3/h8-10,12,17H,4-7H2,1-3H3. The molecule has 2 rings (SSSR count). The minimum atomic E-state index is 0.521. The van der Waals surface area contributed by atoms with Gasteiger partial charge in [0.2, 0.25) is 0 Å². The molecule has 1 aromatic carbocycles. The fourth-order valence-corrected chi connectivity index (χ4v) is 3.02. The molecule has 0 aliphatic heterocycles. The van der Waals surface area contributed by atoms with E-state index in [9.17, 15) is 0 Å². The molecule has 1 aliphatic rings. The van der Waals surface area contributed by atoms with Crippen molar-refractivity contribution < 1.29 is 4.74 Å². The third-order valence-corrected chi connectivity index (χ3v) is 4.27. The van der Waals surface area contributed by atoms with Gasteiger partial charge in [-0.3, -0.25) is 0 Å². The van der Waals surface area contributed by atoms with Crippen molar-refractivity contribution in [3.8, 4) is 5.75 Å². The van der Waals surface area contributed by atoms with Crippen molar-refractivity contribution in [1.82, 2.24) is 0 Å². The summed E-state index contributed by atoms with van der Waals surface area (Å²) in [6.45, 7) is 4.73. The maximum absolute atomic E-state index is 5.29. The molecule has 0 atom stereocenters. The first-order chi connectivity index (χ1) is 8.48. The van der Waals surface area contributed by atoms with Gasteiger partial charge in [0.25, 0.3) is 0 Å². The van der Waals surface area contributed by atoms with Crippen molar-refractivity contribution in [2.75, 3.05) is 12.4 Å². The van der Waals surface area contributed by atoms with Crippen LogP contribution in [0.5, 0.6) is 5.75 Å². The van der Waals surface area contributed by atoms with Gasteiger partial charge in [-0.05, 0) is 43.2 Å². The highest BCUT2D eigenvalue weighted by Crippen LogP contribution is 2.36. The number of hydrogen-bond donors (Lipinski definition) is 1. The average molecular weight is 312 g/mol. The van der Waals surface area contributed by atoms with E-state index in [1.54, 1.807) is 7.11 Å². The van der Waals surface area contributed by atoms with Crippen molar-refractivity contribution in [1.29, 1.82) is 0 Å². The number of methoxy groups -OCH3 is 1. The SMILES string of the molecule is COc1cc(Br)cc(NC2CCC(C)(C)CC2)c1. The molecule has 0 spiro atoms. The third-order valence-electron chi connectivity index (χ3n) is 3.82. The zero-order valence-corrected chi connectivity index (χ0v) is 13.0. The van der Waals surface area contributed by atoms with Crippen LogP contribution >= 0.6 is 15.9 Å². The van der Waals surface area contributed by atoms with Crippen LogP contribution in [0.2, 0.25) is 0 Å². The Labute approximate surface area is 118 Å². The highest BCUT2D eigenvalue weighted by atomic mass is 79.9. The third kappa shape index (κ3) is 3.64. The molecule has 1 saturated carbocycles. The number of halogens is 1. The molecule has 0 saturated heterocycles. The maximum Gasteiger partial charge on any atom is 0.122 e. The second-order valence-corrected chi connectivity index (χ2v) is 6.88. The first kappa shape index (κ1) is 13.7. The van der Waals surface area contributed by atoms with Crippen LogP contribution in [0.4, 0.5) is 5.69 Å². The summed E-state index contributed by atoms with van der Waals surface area (Å²) in [5.41, 5.74) is 1.67. The van der Waals surface area contributed by atoms with Gasteiger partial charge in [-0.25, -0.2) is 0 Å². The highest BCUT2D eigenvalue weighted by Gasteiger charge is 2.26. The topological polar surface area (TPSA) is 21.3 Å². The molecule has 1 N–H and O–H groups in total. The molecule has 2 nitrogen and oxygen atoms in total. The Morgan fingerprint density at radius 2 is 1.89 bits per heavy atom. The van der Waals surface area contributed by atoms with Crippen LogP contribution in [0.3, 0.4) is 0 Å². The molecule has 100 valence electrons. The molecule has 0 unspecified atom stereocenters. The van der Waals surface area contributed by atoms with E-state index in [0.717, 1.165) is 15.9 Å². The van der Waals surface area contributed by atoms with Gasteiger partial charge in [0.15, 0.2) is 0 Å². The highest BCUT2D eigenvalue weighted by molar-refractivity contribution is 9.10. The lowest BCUT2D eigenvalue weighted by Gasteiger charge is -2.35. The second kappa shape index (κ2) is 5.52. The van der Waals surface area contributed by atoms with Crippen molar-refractivity contribution >= 4 is 21.6 Å². The molecule has 0 amide bonds. The number of ether oxygens (including phenoxy) is 1. The van der Waals surface area contributed by atoms with E-state index >= 15 is 0 Å². The van der Waals surface area contributed by atoms with Crippen molar-refractivity contribution in [2.45, 2.75) is 45.6 Å². The van der Waals surface area contributed by atoms with E-state index in [-0.39, 0.29) is 0 Å². The molecule has 1 aromatic rings. The fourth-order valence-electron chi connectivity index (χ4n) is 2.54. The fraction of sp³-hybridized carbons (Fsp3) is 0.600. The predicted molar refractivity (Wildman–Crippen MR) is 80.4 cm³/mol. The van der Waals surface area contributed by atoms with Gasteiger partial charge in [-0.1, -0.05) is 29.8 Å². The number of rotatable bonds is 3. The van der Waals surface area contributed by atoms with Crippen LogP contribution in [-0.2, 0) is 0 Å². The van der Waals surface area contributed by atoms with Crippen LogP contribution in [0.25, 0.3) is 0 Å². The van der Waals surface area contributed by atoms with Gasteiger partial charge in [-0.15, -0.1) is 0 Å². The summed E-state index contributed by atoms with van der Waals surface area (Å²) in [6.07, 6.45) is 5.11. The van der Waals surface area contributed by atoms with E-state index in [1.165, 1.54) is 25.7 Å². The quantitative estimate of drug-likeness (QED) is 0.862. The van der Waals surface area contributed by atoms with E-state index in [1.807, 2.05) is 6.07 Å². The summed E-state index contributed by atoms with van der Waals surface area (Å²) in [6, 6.07) is 6.75. The van der Waals surface area contributed by atoms with Gasteiger partial charge in [0.1, 0.15) is 5.75 Å². The summed E-state index contributed by atoms with van der Waals surface area (Å²) in [4.78, 5) is 0. The predicted octanol–water partition coefficient (Wildman–Crippen LogP) is 4.84. The van der Waals surface area contributed by atoms with Gasteiger partial charge in [0.05, 0.1) is 7.11 Å². The zero-order valence-electron chi connectivity index (χ0n) is 11.4. The molecule has 0 heterocycles. The molecular formula is C15H22BrNO. The average Bonchev–Trinajstić information content (AvgIpc) is 2.31. The molecule has 3 heteroatoms.